The highest BCUT2D eigenvalue weighted by Gasteiger charge is 2.36. The van der Waals surface area contributed by atoms with Crippen LogP contribution in [0.2, 0.25) is 5.02 Å². The third-order valence-corrected chi connectivity index (χ3v) is 4.26. The molecule has 2 rings (SSSR count). The van der Waals surface area contributed by atoms with Crippen molar-refractivity contribution < 1.29 is 4.39 Å². The molecule has 1 aromatic carbocycles. The van der Waals surface area contributed by atoms with Crippen LogP contribution in [-0.4, -0.2) is 12.1 Å². The fourth-order valence-electron chi connectivity index (χ4n) is 2.70. The topological polar surface area (TPSA) is 12.0 Å². The third-order valence-electron chi connectivity index (χ3n) is 3.90. The molecule has 1 aromatic rings. The molecule has 0 radical (unpaired) electrons. The average molecular weight is 256 g/mol. The highest BCUT2D eigenvalue weighted by Crippen LogP contribution is 2.33. The Bertz CT molecular complexity index is 397. The summed E-state index contributed by atoms with van der Waals surface area (Å²) in [5.41, 5.74) is 0.993. The second-order valence-electron chi connectivity index (χ2n) is 5.25. The Balaban J connectivity index is 2.26. The minimum absolute atomic E-state index is 0.0808. The maximum Gasteiger partial charge on any atom is 0.123 e. The van der Waals surface area contributed by atoms with Gasteiger partial charge in [-0.15, -0.1) is 0 Å². The molecule has 0 aromatic heterocycles. The van der Waals surface area contributed by atoms with Crippen molar-refractivity contribution in [1.82, 2.24) is 5.32 Å². The summed E-state index contributed by atoms with van der Waals surface area (Å²) in [6, 6.07) is 4.62. The van der Waals surface area contributed by atoms with E-state index >= 15 is 0 Å². The van der Waals surface area contributed by atoms with Crippen molar-refractivity contribution in [3.63, 3.8) is 0 Å². The Labute approximate surface area is 107 Å². The van der Waals surface area contributed by atoms with E-state index in [1.165, 1.54) is 12.5 Å². The lowest BCUT2D eigenvalue weighted by atomic mass is 9.80. The molecule has 0 saturated carbocycles. The lowest BCUT2D eigenvalue weighted by molar-refractivity contribution is 0.269. The Morgan fingerprint density at radius 2 is 2.24 bits per heavy atom. The second kappa shape index (κ2) is 4.95. The first-order valence-corrected chi connectivity index (χ1v) is 6.60. The summed E-state index contributed by atoms with van der Waals surface area (Å²) in [6.07, 6.45) is 3.13. The van der Waals surface area contributed by atoms with Gasteiger partial charge in [0.05, 0.1) is 0 Å². The van der Waals surface area contributed by atoms with Gasteiger partial charge in [0.2, 0.25) is 0 Å². The van der Waals surface area contributed by atoms with Gasteiger partial charge in [-0.3, -0.25) is 0 Å². The molecule has 0 aliphatic carbocycles. The Kier molecular flexibility index (Phi) is 3.74. The van der Waals surface area contributed by atoms with E-state index in [-0.39, 0.29) is 11.4 Å². The number of benzene rings is 1. The summed E-state index contributed by atoms with van der Waals surface area (Å²) in [6.45, 7) is 5.47. The van der Waals surface area contributed by atoms with Gasteiger partial charge < -0.3 is 5.32 Å². The third kappa shape index (κ3) is 2.63. The molecule has 1 aliphatic heterocycles. The maximum absolute atomic E-state index is 13.3. The first kappa shape index (κ1) is 12.8. The molecule has 3 heteroatoms. The van der Waals surface area contributed by atoms with Crippen molar-refractivity contribution >= 4 is 11.6 Å². The number of rotatable bonds is 3. The van der Waals surface area contributed by atoms with Gasteiger partial charge in [-0.05, 0) is 55.5 Å². The van der Waals surface area contributed by atoms with E-state index in [0.29, 0.717) is 10.9 Å². The molecule has 1 nitrogen and oxygen atoms in total. The zero-order chi connectivity index (χ0) is 12.5. The van der Waals surface area contributed by atoms with Gasteiger partial charge in [0, 0.05) is 10.6 Å². The van der Waals surface area contributed by atoms with Gasteiger partial charge in [0.1, 0.15) is 5.82 Å². The van der Waals surface area contributed by atoms with Crippen LogP contribution in [0.1, 0.15) is 32.3 Å². The van der Waals surface area contributed by atoms with E-state index in [2.05, 4.69) is 19.2 Å². The minimum Gasteiger partial charge on any atom is -0.311 e. The molecule has 94 valence electrons. The Morgan fingerprint density at radius 1 is 1.47 bits per heavy atom. The molecule has 1 aliphatic rings. The van der Waals surface area contributed by atoms with E-state index in [4.69, 9.17) is 11.6 Å². The summed E-state index contributed by atoms with van der Waals surface area (Å²) in [7, 11) is 0. The van der Waals surface area contributed by atoms with Gasteiger partial charge in [0.15, 0.2) is 0 Å². The van der Waals surface area contributed by atoms with E-state index < -0.39 is 0 Å². The summed E-state index contributed by atoms with van der Waals surface area (Å²) < 4.78 is 13.3. The molecule has 1 N–H and O–H groups in total. The highest BCUT2D eigenvalue weighted by atomic mass is 35.5. The quantitative estimate of drug-likeness (QED) is 0.866. The summed E-state index contributed by atoms with van der Waals surface area (Å²) in [5, 5.41) is 4.25. The second-order valence-corrected chi connectivity index (χ2v) is 5.66. The van der Waals surface area contributed by atoms with Crippen LogP contribution in [0.5, 0.6) is 0 Å². The molecule has 1 atom stereocenters. The van der Waals surface area contributed by atoms with Crippen LogP contribution in [0.15, 0.2) is 18.2 Å². The van der Waals surface area contributed by atoms with Crippen molar-refractivity contribution in [3.05, 3.63) is 34.6 Å². The summed E-state index contributed by atoms with van der Waals surface area (Å²) >= 11 is 6.15. The highest BCUT2D eigenvalue weighted by molar-refractivity contribution is 6.31. The largest absolute Gasteiger partial charge is 0.311 e. The lowest BCUT2D eigenvalue weighted by Crippen LogP contribution is -2.46. The van der Waals surface area contributed by atoms with Crippen LogP contribution in [0.3, 0.4) is 0 Å². The van der Waals surface area contributed by atoms with Crippen LogP contribution < -0.4 is 5.32 Å². The van der Waals surface area contributed by atoms with E-state index in [0.717, 1.165) is 24.9 Å². The van der Waals surface area contributed by atoms with Crippen LogP contribution in [-0.2, 0) is 6.42 Å². The first-order valence-electron chi connectivity index (χ1n) is 6.22. The Morgan fingerprint density at radius 3 is 2.82 bits per heavy atom. The van der Waals surface area contributed by atoms with Crippen molar-refractivity contribution in [1.29, 1.82) is 0 Å². The molecule has 0 spiro atoms. The zero-order valence-corrected chi connectivity index (χ0v) is 11.1. The van der Waals surface area contributed by atoms with Gasteiger partial charge >= 0.3 is 0 Å². The fraction of sp³-hybridized carbons (Fsp3) is 0.571. The van der Waals surface area contributed by atoms with Gasteiger partial charge in [0.25, 0.3) is 0 Å². The van der Waals surface area contributed by atoms with Crippen LogP contribution in [0, 0.1) is 11.7 Å². The minimum atomic E-state index is -0.207. The number of halogens is 2. The van der Waals surface area contributed by atoms with Crippen molar-refractivity contribution in [2.75, 3.05) is 6.54 Å². The predicted octanol–water partition coefficient (Wildman–Crippen LogP) is 3.80. The molecule has 1 heterocycles. The summed E-state index contributed by atoms with van der Waals surface area (Å²) in [4.78, 5) is 0. The SMILES string of the molecule is CC(C)C1(Cc2cc(F)ccc2Cl)CCCN1. The molecule has 17 heavy (non-hydrogen) atoms. The molecule has 1 saturated heterocycles. The maximum atomic E-state index is 13.3. The normalized spacial score (nSPS) is 24.5. The molecule has 0 amide bonds. The lowest BCUT2D eigenvalue weighted by Gasteiger charge is -2.34. The smallest absolute Gasteiger partial charge is 0.123 e. The zero-order valence-electron chi connectivity index (χ0n) is 10.4. The number of hydrogen-bond acceptors (Lipinski definition) is 1. The van der Waals surface area contributed by atoms with Gasteiger partial charge in [-0.25, -0.2) is 4.39 Å². The number of nitrogens with one attached hydrogen (secondary N) is 1. The molecular weight excluding hydrogens is 237 g/mol. The number of hydrogen-bond donors (Lipinski definition) is 1. The predicted molar refractivity (Wildman–Crippen MR) is 69.9 cm³/mol. The molecule has 1 fully saturated rings. The van der Waals surface area contributed by atoms with Gasteiger partial charge in [-0.2, -0.15) is 0 Å². The molecular formula is C14H19ClFN. The van der Waals surface area contributed by atoms with E-state index in [1.54, 1.807) is 12.1 Å². The van der Waals surface area contributed by atoms with Gasteiger partial charge in [-0.1, -0.05) is 25.4 Å². The van der Waals surface area contributed by atoms with Crippen LogP contribution >= 0.6 is 11.6 Å². The molecule has 1 unspecified atom stereocenters. The average Bonchev–Trinajstić information content (AvgIpc) is 2.73. The Hall–Kier alpha value is -0.600. The fourth-order valence-corrected chi connectivity index (χ4v) is 2.88. The summed E-state index contributed by atoms with van der Waals surface area (Å²) in [5.74, 6) is 0.311. The molecule has 0 bridgehead atoms. The van der Waals surface area contributed by atoms with Crippen LogP contribution in [0.25, 0.3) is 0 Å². The van der Waals surface area contributed by atoms with Crippen molar-refractivity contribution in [2.24, 2.45) is 5.92 Å². The van der Waals surface area contributed by atoms with Crippen molar-refractivity contribution in [3.8, 4) is 0 Å². The van der Waals surface area contributed by atoms with E-state index in [9.17, 15) is 4.39 Å². The van der Waals surface area contributed by atoms with E-state index in [1.807, 2.05) is 0 Å². The van der Waals surface area contributed by atoms with Crippen molar-refractivity contribution in [2.45, 2.75) is 38.6 Å². The first-order chi connectivity index (χ1) is 8.03. The monoisotopic (exact) mass is 255 g/mol. The standard InChI is InChI=1S/C14H19ClFN/c1-10(2)14(6-3-7-17-14)9-11-8-12(16)4-5-13(11)15/h4-5,8,10,17H,3,6-7,9H2,1-2H3. The van der Waals surface area contributed by atoms with Crippen LogP contribution in [0.4, 0.5) is 4.39 Å².